The highest BCUT2D eigenvalue weighted by Crippen LogP contribution is 2.34. The molecular formula is C15H20ClF3N2O2S. The van der Waals surface area contributed by atoms with Crippen molar-refractivity contribution in [3.63, 3.8) is 0 Å². The van der Waals surface area contributed by atoms with E-state index in [1.165, 1.54) is 4.31 Å². The van der Waals surface area contributed by atoms with Crippen LogP contribution in [0.15, 0.2) is 23.1 Å². The Hall–Kier alpha value is -0.830. The predicted octanol–water partition coefficient (Wildman–Crippen LogP) is 3.47. The molecule has 0 radical (unpaired) electrons. The SMILES string of the molecule is CCCN1CCCN(S(=O)(=O)c2cc(C(F)(F)F)ccc2Cl)CC1. The van der Waals surface area contributed by atoms with E-state index in [0.717, 1.165) is 31.6 Å². The maximum absolute atomic E-state index is 12.9. The average molecular weight is 385 g/mol. The lowest BCUT2D eigenvalue weighted by Gasteiger charge is -2.22. The number of rotatable bonds is 4. The molecule has 136 valence electrons. The van der Waals surface area contributed by atoms with Crippen LogP contribution in [0.3, 0.4) is 0 Å². The number of alkyl halides is 3. The van der Waals surface area contributed by atoms with Crippen LogP contribution in [-0.2, 0) is 16.2 Å². The summed E-state index contributed by atoms with van der Waals surface area (Å²) < 4.78 is 65.4. The van der Waals surface area contributed by atoms with Gasteiger partial charge >= 0.3 is 6.18 Å². The molecule has 0 atom stereocenters. The second-order valence-electron chi connectivity index (χ2n) is 5.74. The zero-order valence-electron chi connectivity index (χ0n) is 13.3. The van der Waals surface area contributed by atoms with Crippen molar-refractivity contribution in [2.24, 2.45) is 0 Å². The van der Waals surface area contributed by atoms with Gasteiger partial charge in [-0.1, -0.05) is 18.5 Å². The first-order chi connectivity index (χ1) is 11.2. The van der Waals surface area contributed by atoms with E-state index in [4.69, 9.17) is 11.6 Å². The highest BCUT2D eigenvalue weighted by molar-refractivity contribution is 7.89. The fourth-order valence-electron chi connectivity index (χ4n) is 2.74. The zero-order chi connectivity index (χ0) is 18.0. The van der Waals surface area contributed by atoms with Crippen molar-refractivity contribution in [2.75, 3.05) is 32.7 Å². The normalized spacial score (nSPS) is 18.5. The lowest BCUT2D eigenvalue weighted by Crippen LogP contribution is -2.35. The molecule has 0 amide bonds. The molecule has 1 heterocycles. The minimum atomic E-state index is -4.62. The second kappa shape index (κ2) is 7.59. The number of hydrogen-bond donors (Lipinski definition) is 0. The fourth-order valence-corrected chi connectivity index (χ4v) is 4.71. The van der Waals surface area contributed by atoms with Crippen LogP contribution in [0.25, 0.3) is 0 Å². The van der Waals surface area contributed by atoms with Crippen LogP contribution in [0.4, 0.5) is 13.2 Å². The van der Waals surface area contributed by atoms with Gasteiger partial charge in [-0.05, 0) is 44.1 Å². The van der Waals surface area contributed by atoms with Crippen molar-refractivity contribution in [1.29, 1.82) is 0 Å². The molecule has 0 aromatic heterocycles. The topological polar surface area (TPSA) is 40.6 Å². The Bertz CT molecular complexity index is 680. The molecule has 0 bridgehead atoms. The van der Waals surface area contributed by atoms with Gasteiger partial charge in [0.1, 0.15) is 4.90 Å². The first-order valence-electron chi connectivity index (χ1n) is 7.75. The Morgan fingerprint density at radius 3 is 2.50 bits per heavy atom. The van der Waals surface area contributed by atoms with Gasteiger partial charge in [-0.2, -0.15) is 17.5 Å². The second-order valence-corrected chi connectivity index (χ2v) is 8.06. The van der Waals surface area contributed by atoms with E-state index in [9.17, 15) is 21.6 Å². The summed E-state index contributed by atoms with van der Waals surface area (Å²) in [6.45, 7) is 4.77. The minimum absolute atomic E-state index is 0.197. The van der Waals surface area contributed by atoms with Crippen molar-refractivity contribution in [3.8, 4) is 0 Å². The quantitative estimate of drug-likeness (QED) is 0.798. The van der Waals surface area contributed by atoms with Crippen molar-refractivity contribution in [2.45, 2.75) is 30.8 Å². The van der Waals surface area contributed by atoms with Gasteiger partial charge < -0.3 is 4.90 Å². The lowest BCUT2D eigenvalue weighted by molar-refractivity contribution is -0.137. The third kappa shape index (κ3) is 4.41. The maximum Gasteiger partial charge on any atom is 0.416 e. The van der Waals surface area contributed by atoms with Crippen molar-refractivity contribution in [3.05, 3.63) is 28.8 Å². The van der Waals surface area contributed by atoms with Gasteiger partial charge in [0.05, 0.1) is 10.6 Å². The van der Waals surface area contributed by atoms with Gasteiger partial charge in [-0.15, -0.1) is 0 Å². The molecule has 1 fully saturated rings. The Morgan fingerprint density at radius 2 is 1.88 bits per heavy atom. The average Bonchev–Trinajstić information content (AvgIpc) is 2.73. The van der Waals surface area contributed by atoms with E-state index >= 15 is 0 Å². The molecule has 0 N–H and O–H groups in total. The van der Waals surface area contributed by atoms with Crippen LogP contribution in [0, 0.1) is 0 Å². The molecule has 2 rings (SSSR count). The monoisotopic (exact) mass is 384 g/mol. The van der Waals surface area contributed by atoms with E-state index in [-0.39, 0.29) is 18.1 Å². The molecule has 24 heavy (non-hydrogen) atoms. The molecule has 1 aromatic carbocycles. The van der Waals surface area contributed by atoms with Crippen molar-refractivity contribution < 1.29 is 21.6 Å². The van der Waals surface area contributed by atoms with Gasteiger partial charge in [0.25, 0.3) is 0 Å². The van der Waals surface area contributed by atoms with E-state index in [1.807, 2.05) is 6.92 Å². The molecule has 1 aliphatic rings. The Labute approximate surface area is 145 Å². The largest absolute Gasteiger partial charge is 0.416 e. The first-order valence-corrected chi connectivity index (χ1v) is 9.57. The van der Waals surface area contributed by atoms with Crippen LogP contribution < -0.4 is 0 Å². The van der Waals surface area contributed by atoms with Crippen molar-refractivity contribution >= 4 is 21.6 Å². The van der Waals surface area contributed by atoms with Crippen LogP contribution in [0.1, 0.15) is 25.3 Å². The fraction of sp³-hybridized carbons (Fsp3) is 0.600. The molecule has 9 heteroatoms. The van der Waals surface area contributed by atoms with Crippen LogP contribution in [0.5, 0.6) is 0 Å². The third-order valence-corrected chi connectivity index (χ3v) is 6.34. The Kier molecular flexibility index (Phi) is 6.17. The van der Waals surface area contributed by atoms with Gasteiger partial charge in [0.15, 0.2) is 0 Å². The highest BCUT2D eigenvalue weighted by Gasteiger charge is 2.34. The van der Waals surface area contributed by atoms with Gasteiger partial charge in [-0.3, -0.25) is 0 Å². The van der Waals surface area contributed by atoms with E-state index < -0.39 is 26.7 Å². The Morgan fingerprint density at radius 1 is 1.17 bits per heavy atom. The highest BCUT2D eigenvalue weighted by atomic mass is 35.5. The van der Waals surface area contributed by atoms with E-state index in [2.05, 4.69) is 4.90 Å². The van der Waals surface area contributed by atoms with E-state index in [0.29, 0.717) is 19.0 Å². The summed E-state index contributed by atoms with van der Waals surface area (Å²) >= 11 is 5.89. The molecule has 0 spiro atoms. The molecular weight excluding hydrogens is 365 g/mol. The minimum Gasteiger partial charge on any atom is -0.302 e. The van der Waals surface area contributed by atoms with Gasteiger partial charge in [0, 0.05) is 19.6 Å². The van der Waals surface area contributed by atoms with Gasteiger partial charge in [0.2, 0.25) is 10.0 Å². The summed E-state index contributed by atoms with van der Waals surface area (Å²) in [7, 11) is -4.06. The third-order valence-electron chi connectivity index (χ3n) is 3.96. The lowest BCUT2D eigenvalue weighted by atomic mass is 10.2. The molecule has 1 aliphatic heterocycles. The number of hydrogen-bond acceptors (Lipinski definition) is 3. The Balaban J connectivity index is 2.30. The smallest absolute Gasteiger partial charge is 0.302 e. The van der Waals surface area contributed by atoms with Crippen molar-refractivity contribution in [1.82, 2.24) is 9.21 Å². The summed E-state index contributed by atoms with van der Waals surface area (Å²) in [5.41, 5.74) is -1.02. The van der Waals surface area contributed by atoms with Crippen LogP contribution >= 0.6 is 11.6 Å². The van der Waals surface area contributed by atoms with Crippen LogP contribution in [-0.4, -0.2) is 50.3 Å². The molecule has 0 unspecified atom stereocenters. The molecule has 1 aromatic rings. The summed E-state index contributed by atoms with van der Waals surface area (Å²) in [4.78, 5) is 1.67. The molecule has 4 nitrogen and oxygen atoms in total. The molecule has 0 saturated carbocycles. The first kappa shape index (κ1) is 19.5. The van der Waals surface area contributed by atoms with Gasteiger partial charge in [-0.25, -0.2) is 8.42 Å². The summed E-state index contributed by atoms with van der Waals surface area (Å²) in [5, 5.41) is -0.197. The predicted molar refractivity (Wildman–Crippen MR) is 86.6 cm³/mol. The molecule has 0 aliphatic carbocycles. The maximum atomic E-state index is 12.9. The van der Waals surface area contributed by atoms with E-state index in [1.54, 1.807) is 0 Å². The number of nitrogens with zero attached hydrogens (tertiary/aromatic N) is 2. The van der Waals surface area contributed by atoms with Crippen LogP contribution in [0.2, 0.25) is 5.02 Å². The molecule has 1 saturated heterocycles. The number of sulfonamides is 1. The summed E-state index contributed by atoms with van der Waals surface area (Å²) in [6.07, 6.45) is -3.02. The summed E-state index contributed by atoms with van der Waals surface area (Å²) in [6, 6.07) is 2.39. The standard InChI is InChI=1S/C15H20ClF3N2O2S/c1-2-6-20-7-3-8-21(10-9-20)24(22,23)14-11-12(15(17,18)19)4-5-13(14)16/h4-5,11H,2-3,6-10H2,1H3. The zero-order valence-corrected chi connectivity index (χ0v) is 14.9. The summed E-state index contributed by atoms with van der Waals surface area (Å²) in [5.74, 6) is 0. The number of halogens is 4. The number of benzene rings is 1.